The molecule has 1 atom stereocenters. The van der Waals surface area contributed by atoms with Crippen molar-refractivity contribution >= 4 is 5.91 Å². The van der Waals surface area contributed by atoms with E-state index in [0.717, 1.165) is 18.4 Å². The van der Waals surface area contributed by atoms with Crippen LogP contribution in [0.1, 0.15) is 32.8 Å². The van der Waals surface area contributed by atoms with Crippen molar-refractivity contribution in [1.82, 2.24) is 5.32 Å². The van der Waals surface area contributed by atoms with Gasteiger partial charge in [0, 0.05) is 12.1 Å². The van der Waals surface area contributed by atoms with Crippen LogP contribution in [0, 0.1) is 0 Å². The average Bonchev–Trinajstić information content (AvgIpc) is 2.36. The minimum absolute atomic E-state index is 0.0431. The minimum atomic E-state index is -0.106. The molecular weight excluding hydrogens is 240 g/mol. The highest BCUT2D eigenvalue weighted by Crippen LogP contribution is 2.14. The van der Waals surface area contributed by atoms with Crippen LogP contribution in [0.3, 0.4) is 0 Å². The Balaban J connectivity index is 2.50. The second kappa shape index (κ2) is 7.79. The molecule has 4 nitrogen and oxygen atoms in total. The van der Waals surface area contributed by atoms with Crippen molar-refractivity contribution in [3.63, 3.8) is 0 Å². The topological polar surface area (TPSA) is 64.3 Å². The Morgan fingerprint density at radius 1 is 1.42 bits per heavy atom. The van der Waals surface area contributed by atoms with E-state index in [1.54, 1.807) is 0 Å². The Morgan fingerprint density at radius 2 is 2.16 bits per heavy atom. The van der Waals surface area contributed by atoms with Crippen LogP contribution in [0.4, 0.5) is 0 Å². The lowest BCUT2D eigenvalue weighted by Crippen LogP contribution is -2.34. The highest BCUT2D eigenvalue weighted by Gasteiger charge is 2.06. The van der Waals surface area contributed by atoms with Crippen LogP contribution in [0.25, 0.3) is 0 Å². The number of nitrogens with two attached hydrogens (primary N) is 1. The van der Waals surface area contributed by atoms with Crippen LogP contribution in [-0.4, -0.2) is 24.6 Å². The molecule has 0 bridgehead atoms. The van der Waals surface area contributed by atoms with E-state index in [1.165, 1.54) is 0 Å². The van der Waals surface area contributed by atoms with Gasteiger partial charge in [-0.2, -0.15) is 0 Å². The second-order valence-corrected chi connectivity index (χ2v) is 5.03. The smallest absolute Gasteiger partial charge is 0.258 e. The highest BCUT2D eigenvalue weighted by molar-refractivity contribution is 5.77. The fourth-order valence-corrected chi connectivity index (χ4v) is 1.72. The zero-order valence-corrected chi connectivity index (χ0v) is 12.0. The summed E-state index contributed by atoms with van der Waals surface area (Å²) in [5, 5.41) is 2.79. The van der Waals surface area contributed by atoms with Crippen molar-refractivity contribution in [3.8, 4) is 5.75 Å². The number of rotatable bonds is 7. The number of hydrogen-bond acceptors (Lipinski definition) is 3. The largest absolute Gasteiger partial charge is 0.484 e. The normalized spacial score (nSPS) is 12.3. The Bertz CT molecular complexity index is 405. The average molecular weight is 264 g/mol. The number of ether oxygens (including phenoxy) is 1. The number of benzene rings is 1. The van der Waals surface area contributed by atoms with E-state index < -0.39 is 0 Å². The SMILES string of the molecule is CCC(N)Cc1cccc(OCC(=O)NC(C)C)c1. The minimum Gasteiger partial charge on any atom is -0.484 e. The summed E-state index contributed by atoms with van der Waals surface area (Å²) >= 11 is 0. The Labute approximate surface area is 115 Å². The molecule has 0 saturated carbocycles. The van der Waals surface area contributed by atoms with Gasteiger partial charge < -0.3 is 15.8 Å². The molecule has 0 fully saturated rings. The molecule has 0 aromatic heterocycles. The van der Waals surface area contributed by atoms with E-state index in [9.17, 15) is 4.79 Å². The van der Waals surface area contributed by atoms with Crippen LogP contribution in [0.2, 0.25) is 0 Å². The molecule has 0 saturated heterocycles. The lowest BCUT2D eigenvalue weighted by Gasteiger charge is -2.12. The summed E-state index contributed by atoms with van der Waals surface area (Å²) in [6.45, 7) is 5.96. The van der Waals surface area contributed by atoms with Crippen molar-refractivity contribution in [2.75, 3.05) is 6.61 Å². The molecule has 1 amide bonds. The van der Waals surface area contributed by atoms with Crippen LogP contribution < -0.4 is 15.8 Å². The summed E-state index contributed by atoms with van der Waals surface area (Å²) in [5.74, 6) is 0.602. The number of amides is 1. The molecule has 0 aliphatic heterocycles. The van der Waals surface area contributed by atoms with E-state index in [-0.39, 0.29) is 24.6 Å². The van der Waals surface area contributed by atoms with Crippen molar-refractivity contribution in [1.29, 1.82) is 0 Å². The first kappa shape index (κ1) is 15.5. The second-order valence-electron chi connectivity index (χ2n) is 5.03. The van der Waals surface area contributed by atoms with Gasteiger partial charge in [-0.05, 0) is 44.4 Å². The molecule has 3 N–H and O–H groups in total. The van der Waals surface area contributed by atoms with Crippen molar-refractivity contribution in [3.05, 3.63) is 29.8 Å². The lowest BCUT2D eigenvalue weighted by atomic mass is 10.0. The molecular formula is C15H24N2O2. The summed E-state index contributed by atoms with van der Waals surface area (Å²) in [6.07, 6.45) is 1.77. The molecule has 0 heterocycles. The van der Waals surface area contributed by atoms with Crippen molar-refractivity contribution in [2.45, 2.75) is 45.7 Å². The quantitative estimate of drug-likeness (QED) is 0.790. The summed E-state index contributed by atoms with van der Waals surface area (Å²) < 4.78 is 5.47. The zero-order chi connectivity index (χ0) is 14.3. The zero-order valence-electron chi connectivity index (χ0n) is 12.0. The van der Waals surface area contributed by atoms with E-state index in [4.69, 9.17) is 10.5 Å². The number of hydrogen-bond donors (Lipinski definition) is 2. The predicted molar refractivity (Wildman–Crippen MR) is 77.2 cm³/mol. The van der Waals surface area contributed by atoms with E-state index in [0.29, 0.717) is 5.75 Å². The summed E-state index contributed by atoms with van der Waals surface area (Å²) in [4.78, 5) is 11.5. The van der Waals surface area contributed by atoms with Crippen LogP contribution >= 0.6 is 0 Å². The maximum atomic E-state index is 11.5. The van der Waals surface area contributed by atoms with Gasteiger partial charge in [0.05, 0.1) is 0 Å². The van der Waals surface area contributed by atoms with E-state index in [1.807, 2.05) is 38.1 Å². The molecule has 0 aliphatic carbocycles. The molecule has 19 heavy (non-hydrogen) atoms. The van der Waals surface area contributed by atoms with Gasteiger partial charge in [-0.1, -0.05) is 19.1 Å². The standard InChI is InChI=1S/C15H24N2O2/c1-4-13(16)8-12-6-5-7-14(9-12)19-10-15(18)17-11(2)3/h5-7,9,11,13H,4,8,10,16H2,1-3H3,(H,17,18). The van der Waals surface area contributed by atoms with Crippen LogP contribution in [0.5, 0.6) is 5.75 Å². The summed E-state index contributed by atoms with van der Waals surface area (Å²) in [5.41, 5.74) is 7.06. The molecule has 106 valence electrons. The fourth-order valence-electron chi connectivity index (χ4n) is 1.72. The van der Waals surface area contributed by atoms with Crippen LogP contribution in [-0.2, 0) is 11.2 Å². The molecule has 1 rings (SSSR count). The summed E-state index contributed by atoms with van der Waals surface area (Å²) in [7, 11) is 0. The molecule has 0 radical (unpaired) electrons. The monoisotopic (exact) mass is 264 g/mol. The molecule has 1 aromatic carbocycles. The third-order valence-corrected chi connectivity index (χ3v) is 2.74. The Kier molecular flexibility index (Phi) is 6.36. The van der Waals surface area contributed by atoms with E-state index >= 15 is 0 Å². The summed E-state index contributed by atoms with van der Waals surface area (Å²) in [6, 6.07) is 8.04. The van der Waals surface area contributed by atoms with Gasteiger partial charge in [-0.15, -0.1) is 0 Å². The van der Waals surface area contributed by atoms with Gasteiger partial charge in [-0.3, -0.25) is 4.79 Å². The molecule has 0 aliphatic rings. The van der Waals surface area contributed by atoms with Gasteiger partial charge in [0.1, 0.15) is 5.75 Å². The molecule has 4 heteroatoms. The van der Waals surface area contributed by atoms with Gasteiger partial charge in [0.25, 0.3) is 5.91 Å². The third-order valence-electron chi connectivity index (χ3n) is 2.74. The molecule has 1 unspecified atom stereocenters. The fraction of sp³-hybridized carbons (Fsp3) is 0.533. The van der Waals surface area contributed by atoms with Gasteiger partial charge in [0.2, 0.25) is 0 Å². The highest BCUT2D eigenvalue weighted by atomic mass is 16.5. The molecule has 0 spiro atoms. The van der Waals surface area contributed by atoms with Gasteiger partial charge >= 0.3 is 0 Å². The van der Waals surface area contributed by atoms with Gasteiger partial charge in [0.15, 0.2) is 6.61 Å². The van der Waals surface area contributed by atoms with Crippen LogP contribution in [0.15, 0.2) is 24.3 Å². The number of carbonyl (C=O) groups excluding carboxylic acids is 1. The Hall–Kier alpha value is -1.55. The Morgan fingerprint density at radius 3 is 2.79 bits per heavy atom. The number of nitrogens with one attached hydrogen (secondary N) is 1. The van der Waals surface area contributed by atoms with Crippen molar-refractivity contribution in [2.24, 2.45) is 5.73 Å². The number of carbonyl (C=O) groups is 1. The molecule has 1 aromatic rings. The van der Waals surface area contributed by atoms with E-state index in [2.05, 4.69) is 12.2 Å². The third kappa shape index (κ3) is 6.25. The first-order valence-corrected chi connectivity index (χ1v) is 6.78. The predicted octanol–water partition coefficient (Wildman–Crippen LogP) is 1.87. The lowest BCUT2D eigenvalue weighted by molar-refractivity contribution is -0.123. The first-order chi connectivity index (χ1) is 9.01. The maximum Gasteiger partial charge on any atom is 0.258 e. The van der Waals surface area contributed by atoms with Gasteiger partial charge in [-0.25, -0.2) is 0 Å². The van der Waals surface area contributed by atoms with Crippen molar-refractivity contribution < 1.29 is 9.53 Å². The first-order valence-electron chi connectivity index (χ1n) is 6.78. The maximum absolute atomic E-state index is 11.5.